The zero-order valence-electron chi connectivity index (χ0n) is 11.7. The van der Waals surface area contributed by atoms with Crippen molar-refractivity contribution in [1.82, 2.24) is 10.3 Å². The summed E-state index contributed by atoms with van der Waals surface area (Å²) in [5.74, 6) is 0.285. The molecule has 0 aliphatic heterocycles. The lowest BCUT2D eigenvalue weighted by Crippen LogP contribution is -2.30. The molecule has 0 saturated carbocycles. The SMILES string of the molecule is O=C(NCCCOc1ccc(F)cc1)Nc1cccnc1Cl. The highest BCUT2D eigenvalue weighted by Gasteiger charge is 2.04. The molecule has 0 spiro atoms. The fourth-order valence-corrected chi connectivity index (χ4v) is 1.81. The number of nitrogens with one attached hydrogen (secondary N) is 2. The summed E-state index contributed by atoms with van der Waals surface area (Å²) in [6, 6.07) is 8.75. The van der Waals surface area contributed by atoms with Crippen molar-refractivity contribution in [2.75, 3.05) is 18.5 Å². The quantitative estimate of drug-likeness (QED) is 0.632. The Hall–Kier alpha value is -2.34. The largest absolute Gasteiger partial charge is 0.494 e. The van der Waals surface area contributed by atoms with Gasteiger partial charge in [-0.05, 0) is 42.8 Å². The van der Waals surface area contributed by atoms with Gasteiger partial charge < -0.3 is 15.4 Å². The smallest absolute Gasteiger partial charge is 0.319 e. The molecule has 116 valence electrons. The third-order valence-electron chi connectivity index (χ3n) is 2.70. The summed E-state index contributed by atoms with van der Waals surface area (Å²) in [5, 5.41) is 5.51. The summed E-state index contributed by atoms with van der Waals surface area (Å²) in [6.07, 6.45) is 2.16. The fourth-order valence-electron chi connectivity index (χ4n) is 1.64. The molecule has 0 fully saturated rings. The summed E-state index contributed by atoms with van der Waals surface area (Å²) in [4.78, 5) is 15.5. The van der Waals surface area contributed by atoms with Crippen LogP contribution >= 0.6 is 11.6 Å². The molecule has 22 heavy (non-hydrogen) atoms. The van der Waals surface area contributed by atoms with Gasteiger partial charge in [0.1, 0.15) is 11.6 Å². The number of urea groups is 1. The molecule has 0 unspecified atom stereocenters. The molecule has 0 aliphatic carbocycles. The summed E-state index contributed by atoms with van der Waals surface area (Å²) < 4.78 is 18.1. The molecule has 1 heterocycles. The molecule has 0 saturated heterocycles. The second-order valence-electron chi connectivity index (χ2n) is 4.38. The van der Waals surface area contributed by atoms with E-state index in [9.17, 15) is 9.18 Å². The molecule has 0 bridgehead atoms. The van der Waals surface area contributed by atoms with Gasteiger partial charge in [-0.15, -0.1) is 0 Å². The molecule has 0 radical (unpaired) electrons. The second kappa shape index (κ2) is 8.19. The Morgan fingerprint density at radius 1 is 1.27 bits per heavy atom. The van der Waals surface area contributed by atoms with Gasteiger partial charge in [-0.3, -0.25) is 0 Å². The van der Waals surface area contributed by atoms with Gasteiger partial charge in [-0.2, -0.15) is 0 Å². The number of carbonyl (C=O) groups is 1. The van der Waals surface area contributed by atoms with Gasteiger partial charge in [-0.25, -0.2) is 14.2 Å². The molecule has 0 aliphatic rings. The van der Waals surface area contributed by atoms with Gasteiger partial charge in [0.15, 0.2) is 5.15 Å². The van der Waals surface area contributed by atoms with E-state index in [-0.39, 0.29) is 17.0 Å². The van der Waals surface area contributed by atoms with Crippen LogP contribution in [0.1, 0.15) is 6.42 Å². The van der Waals surface area contributed by atoms with E-state index in [0.29, 0.717) is 31.0 Å². The monoisotopic (exact) mass is 323 g/mol. The zero-order chi connectivity index (χ0) is 15.8. The second-order valence-corrected chi connectivity index (χ2v) is 4.74. The normalized spacial score (nSPS) is 10.1. The molecular formula is C15H15ClFN3O2. The summed E-state index contributed by atoms with van der Waals surface area (Å²) in [7, 11) is 0. The number of benzene rings is 1. The highest BCUT2D eigenvalue weighted by Crippen LogP contribution is 2.16. The third-order valence-corrected chi connectivity index (χ3v) is 3.00. The Labute approximate surface area is 132 Å². The number of carbonyl (C=O) groups excluding carboxylic acids is 1. The van der Waals surface area contributed by atoms with Crippen molar-refractivity contribution < 1.29 is 13.9 Å². The van der Waals surface area contributed by atoms with Gasteiger partial charge >= 0.3 is 6.03 Å². The predicted molar refractivity (Wildman–Crippen MR) is 82.8 cm³/mol. The molecule has 1 aromatic carbocycles. The maximum Gasteiger partial charge on any atom is 0.319 e. The molecular weight excluding hydrogens is 309 g/mol. The first-order valence-corrected chi connectivity index (χ1v) is 7.06. The van der Waals surface area contributed by atoms with Crippen LogP contribution in [0, 0.1) is 5.82 Å². The van der Waals surface area contributed by atoms with E-state index >= 15 is 0 Å². The van der Waals surface area contributed by atoms with Crippen molar-refractivity contribution in [1.29, 1.82) is 0 Å². The Kier molecular flexibility index (Phi) is 5.97. The molecule has 0 atom stereocenters. The van der Waals surface area contributed by atoms with E-state index in [0.717, 1.165) is 0 Å². The van der Waals surface area contributed by atoms with Crippen molar-refractivity contribution in [2.24, 2.45) is 0 Å². The molecule has 5 nitrogen and oxygen atoms in total. The van der Waals surface area contributed by atoms with Crippen LogP contribution in [-0.4, -0.2) is 24.2 Å². The number of ether oxygens (including phenoxy) is 1. The summed E-state index contributed by atoms with van der Waals surface area (Å²) >= 11 is 5.83. The van der Waals surface area contributed by atoms with Crippen LogP contribution in [0.3, 0.4) is 0 Å². The third kappa shape index (κ3) is 5.21. The topological polar surface area (TPSA) is 63.2 Å². The number of hydrogen-bond acceptors (Lipinski definition) is 3. The first kappa shape index (κ1) is 16.0. The minimum atomic E-state index is -0.364. The lowest BCUT2D eigenvalue weighted by Gasteiger charge is -2.09. The highest BCUT2D eigenvalue weighted by molar-refractivity contribution is 6.32. The Balaban J connectivity index is 1.63. The summed E-state index contributed by atoms with van der Waals surface area (Å²) in [5.41, 5.74) is 0.448. The Morgan fingerprint density at radius 2 is 2.05 bits per heavy atom. The number of halogens is 2. The van der Waals surface area contributed by atoms with Crippen LogP contribution in [0.5, 0.6) is 5.75 Å². The number of aromatic nitrogens is 1. The lowest BCUT2D eigenvalue weighted by molar-refractivity contribution is 0.250. The van der Waals surface area contributed by atoms with E-state index in [1.165, 1.54) is 18.3 Å². The standard InChI is InChI=1S/C15H15ClFN3O2/c16-14-13(3-1-8-18-14)20-15(21)19-9-2-10-22-12-6-4-11(17)5-7-12/h1,3-8H,2,9-10H2,(H2,19,20,21). The first-order valence-electron chi connectivity index (χ1n) is 6.69. The Morgan fingerprint density at radius 3 is 2.77 bits per heavy atom. The molecule has 2 N–H and O–H groups in total. The molecule has 2 aromatic rings. The van der Waals surface area contributed by atoms with Crippen molar-refractivity contribution in [2.45, 2.75) is 6.42 Å². The van der Waals surface area contributed by atoms with Crippen LogP contribution in [0.15, 0.2) is 42.6 Å². The molecule has 2 amide bonds. The van der Waals surface area contributed by atoms with E-state index in [1.54, 1.807) is 24.3 Å². The van der Waals surface area contributed by atoms with E-state index in [1.807, 2.05) is 0 Å². The molecule has 1 aromatic heterocycles. The number of nitrogens with zero attached hydrogens (tertiary/aromatic N) is 1. The van der Waals surface area contributed by atoms with E-state index < -0.39 is 0 Å². The van der Waals surface area contributed by atoms with Crippen molar-refractivity contribution in [3.8, 4) is 5.75 Å². The molecule has 2 rings (SSSR count). The van der Waals surface area contributed by atoms with Crippen LogP contribution in [0.4, 0.5) is 14.9 Å². The first-order chi connectivity index (χ1) is 10.6. The highest BCUT2D eigenvalue weighted by atomic mass is 35.5. The number of pyridine rings is 1. The average molecular weight is 324 g/mol. The zero-order valence-corrected chi connectivity index (χ0v) is 12.4. The van der Waals surface area contributed by atoms with Crippen LogP contribution in [-0.2, 0) is 0 Å². The predicted octanol–water partition coefficient (Wildman–Crippen LogP) is 3.46. The van der Waals surface area contributed by atoms with Crippen LogP contribution < -0.4 is 15.4 Å². The summed E-state index contributed by atoms with van der Waals surface area (Å²) in [6.45, 7) is 0.852. The van der Waals surface area contributed by atoms with Crippen molar-refractivity contribution in [3.63, 3.8) is 0 Å². The van der Waals surface area contributed by atoms with Crippen LogP contribution in [0.2, 0.25) is 5.15 Å². The number of hydrogen-bond donors (Lipinski definition) is 2. The average Bonchev–Trinajstić information content (AvgIpc) is 2.51. The number of anilines is 1. The molecule has 7 heteroatoms. The van der Waals surface area contributed by atoms with Gasteiger partial charge in [0.05, 0.1) is 12.3 Å². The number of rotatable bonds is 6. The van der Waals surface area contributed by atoms with Crippen molar-refractivity contribution >= 4 is 23.3 Å². The lowest BCUT2D eigenvalue weighted by atomic mass is 10.3. The fraction of sp³-hybridized carbons (Fsp3) is 0.200. The maximum atomic E-state index is 12.7. The van der Waals surface area contributed by atoms with Gasteiger partial charge in [-0.1, -0.05) is 11.6 Å². The van der Waals surface area contributed by atoms with Gasteiger partial charge in [0.25, 0.3) is 0 Å². The Bertz CT molecular complexity index is 622. The van der Waals surface area contributed by atoms with E-state index in [2.05, 4.69) is 15.6 Å². The number of amides is 2. The van der Waals surface area contributed by atoms with Crippen LogP contribution in [0.25, 0.3) is 0 Å². The minimum absolute atomic E-state index is 0.234. The van der Waals surface area contributed by atoms with Gasteiger partial charge in [0.2, 0.25) is 0 Å². The maximum absolute atomic E-state index is 12.7. The minimum Gasteiger partial charge on any atom is -0.494 e. The van der Waals surface area contributed by atoms with Crippen molar-refractivity contribution in [3.05, 3.63) is 53.6 Å². The van der Waals surface area contributed by atoms with Gasteiger partial charge in [0, 0.05) is 12.7 Å². The van der Waals surface area contributed by atoms with E-state index in [4.69, 9.17) is 16.3 Å².